The zero-order valence-corrected chi connectivity index (χ0v) is 11.2. The van der Waals surface area contributed by atoms with Crippen molar-refractivity contribution in [1.82, 2.24) is 15.0 Å². The molecule has 0 spiro atoms. The van der Waals surface area contributed by atoms with Crippen molar-refractivity contribution in [2.24, 2.45) is 0 Å². The third-order valence-corrected chi connectivity index (χ3v) is 4.01. The van der Waals surface area contributed by atoms with Gasteiger partial charge < -0.3 is 10.1 Å². The number of fused-ring (bicyclic) bond motifs is 1. The summed E-state index contributed by atoms with van der Waals surface area (Å²) in [5.74, 6) is 0.649. The number of hydrogen-bond donors (Lipinski definition) is 2. The number of carbonyl (C=O) groups is 1. The van der Waals surface area contributed by atoms with Crippen molar-refractivity contribution in [1.29, 1.82) is 0 Å². The van der Waals surface area contributed by atoms with Crippen LogP contribution in [0.4, 0.5) is 0 Å². The van der Waals surface area contributed by atoms with E-state index in [4.69, 9.17) is 0 Å². The molecule has 0 saturated heterocycles. The van der Waals surface area contributed by atoms with E-state index >= 15 is 0 Å². The third-order valence-electron chi connectivity index (χ3n) is 4.01. The fourth-order valence-electron chi connectivity index (χ4n) is 2.85. The van der Waals surface area contributed by atoms with Crippen LogP contribution in [0.5, 0.6) is 0 Å². The number of pyridine rings is 1. The van der Waals surface area contributed by atoms with Gasteiger partial charge in [0.05, 0.1) is 11.1 Å². The van der Waals surface area contributed by atoms with Gasteiger partial charge in [-0.2, -0.15) is 0 Å². The normalized spacial score (nSPS) is 20.6. The SMILES string of the molecule is O=C(O)c1ccnc2nc(C3CC3c3ccccc3)[nH]c12. The molecule has 4 rings (SSSR count). The molecule has 2 unspecified atom stereocenters. The third kappa shape index (κ3) is 1.98. The van der Waals surface area contributed by atoms with Crippen LogP contribution in [0, 0.1) is 0 Å². The van der Waals surface area contributed by atoms with Gasteiger partial charge in [0.25, 0.3) is 0 Å². The number of hydrogen-bond acceptors (Lipinski definition) is 3. The molecule has 1 aliphatic carbocycles. The van der Waals surface area contributed by atoms with Gasteiger partial charge in [0.15, 0.2) is 5.65 Å². The van der Waals surface area contributed by atoms with Gasteiger partial charge in [-0.25, -0.2) is 14.8 Å². The topological polar surface area (TPSA) is 78.9 Å². The summed E-state index contributed by atoms with van der Waals surface area (Å²) < 4.78 is 0. The van der Waals surface area contributed by atoms with Gasteiger partial charge in [0, 0.05) is 12.1 Å². The highest BCUT2D eigenvalue weighted by Gasteiger charge is 2.41. The lowest BCUT2D eigenvalue weighted by atomic mass is 10.1. The quantitative estimate of drug-likeness (QED) is 0.772. The smallest absolute Gasteiger partial charge is 0.338 e. The van der Waals surface area contributed by atoms with E-state index in [-0.39, 0.29) is 5.56 Å². The van der Waals surface area contributed by atoms with E-state index in [2.05, 4.69) is 27.1 Å². The lowest BCUT2D eigenvalue weighted by molar-refractivity contribution is 0.0698. The molecule has 1 fully saturated rings. The van der Waals surface area contributed by atoms with E-state index in [1.807, 2.05) is 18.2 Å². The second kappa shape index (κ2) is 4.41. The van der Waals surface area contributed by atoms with Gasteiger partial charge in [-0.1, -0.05) is 30.3 Å². The van der Waals surface area contributed by atoms with Crippen LogP contribution >= 0.6 is 0 Å². The average Bonchev–Trinajstić information content (AvgIpc) is 3.19. The van der Waals surface area contributed by atoms with E-state index < -0.39 is 5.97 Å². The van der Waals surface area contributed by atoms with Gasteiger partial charge in [0.1, 0.15) is 5.82 Å². The minimum absolute atomic E-state index is 0.218. The van der Waals surface area contributed by atoms with E-state index in [0.717, 1.165) is 12.2 Å². The monoisotopic (exact) mass is 279 g/mol. The van der Waals surface area contributed by atoms with Crippen molar-refractivity contribution < 1.29 is 9.90 Å². The zero-order chi connectivity index (χ0) is 14.4. The molecule has 2 aromatic heterocycles. The lowest BCUT2D eigenvalue weighted by Crippen LogP contribution is -1.97. The maximum absolute atomic E-state index is 11.2. The summed E-state index contributed by atoms with van der Waals surface area (Å²) in [6, 6.07) is 11.8. The predicted octanol–water partition coefficient (Wildman–Crippen LogP) is 2.93. The lowest BCUT2D eigenvalue weighted by Gasteiger charge is -1.97. The van der Waals surface area contributed by atoms with Gasteiger partial charge in [0.2, 0.25) is 0 Å². The van der Waals surface area contributed by atoms with Crippen LogP contribution < -0.4 is 0 Å². The van der Waals surface area contributed by atoms with Crippen molar-refractivity contribution in [3.05, 3.63) is 59.5 Å². The molecule has 1 aliphatic rings. The summed E-state index contributed by atoms with van der Waals surface area (Å²) >= 11 is 0. The number of imidazole rings is 1. The summed E-state index contributed by atoms with van der Waals surface area (Å²) in [5.41, 5.74) is 2.51. The molecule has 1 saturated carbocycles. The minimum atomic E-state index is -0.965. The Morgan fingerprint density at radius 2 is 2.00 bits per heavy atom. The number of rotatable bonds is 3. The molecule has 1 aromatic carbocycles. The standard InChI is InChI=1S/C16H13N3O2/c20-16(21)10-6-7-17-15-13(10)18-14(19-15)12-8-11(12)9-4-2-1-3-5-9/h1-7,11-12H,8H2,(H,20,21)(H,17,18,19). The number of H-pyrrole nitrogens is 1. The Morgan fingerprint density at radius 1 is 1.19 bits per heavy atom. The van der Waals surface area contributed by atoms with Crippen molar-refractivity contribution in [3.63, 3.8) is 0 Å². The van der Waals surface area contributed by atoms with Crippen LogP contribution in [-0.4, -0.2) is 26.0 Å². The molecule has 2 heterocycles. The molecule has 5 nitrogen and oxygen atoms in total. The van der Waals surface area contributed by atoms with Crippen molar-refractivity contribution >= 4 is 17.1 Å². The molecule has 21 heavy (non-hydrogen) atoms. The molecule has 3 aromatic rings. The van der Waals surface area contributed by atoms with Gasteiger partial charge in [-0.05, 0) is 24.0 Å². The first kappa shape index (κ1) is 12.1. The highest BCUT2D eigenvalue weighted by atomic mass is 16.4. The highest BCUT2D eigenvalue weighted by molar-refractivity contribution is 5.99. The van der Waals surface area contributed by atoms with E-state index in [1.54, 1.807) is 0 Å². The predicted molar refractivity (Wildman–Crippen MR) is 77.4 cm³/mol. The molecule has 2 atom stereocenters. The molecular formula is C16H13N3O2. The summed E-state index contributed by atoms with van der Waals surface area (Å²) in [5, 5.41) is 9.20. The fourth-order valence-corrected chi connectivity index (χ4v) is 2.85. The Balaban J connectivity index is 1.70. The van der Waals surface area contributed by atoms with E-state index in [0.29, 0.717) is 23.0 Å². The van der Waals surface area contributed by atoms with Gasteiger partial charge in [-0.3, -0.25) is 0 Å². The Hall–Kier alpha value is -2.69. The molecule has 104 valence electrons. The number of nitrogens with zero attached hydrogens (tertiary/aromatic N) is 2. The summed E-state index contributed by atoms with van der Waals surface area (Å²) in [4.78, 5) is 23.0. The Bertz CT molecular complexity index is 826. The maximum Gasteiger partial charge on any atom is 0.338 e. The van der Waals surface area contributed by atoms with Crippen LogP contribution in [-0.2, 0) is 0 Å². The Morgan fingerprint density at radius 3 is 2.76 bits per heavy atom. The Kier molecular flexibility index (Phi) is 2.54. The molecule has 0 radical (unpaired) electrons. The Labute approximate surface area is 120 Å². The number of carboxylic acid groups (broad SMARTS) is 1. The van der Waals surface area contributed by atoms with Crippen LogP contribution in [0.25, 0.3) is 11.2 Å². The molecule has 0 aliphatic heterocycles. The zero-order valence-electron chi connectivity index (χ0n) is 11.2. The fraction of sp³-hybridized carbons (Fsp3) is 0.188. The summed E-state index contributed by atoms with van der Waals surface area (Å²) in [6.45, 7) is 0. The summed E-state index contributed by atoms with van der Waals surface area (Å²) in [6.07, 6.45) is 2.52. The molecular weight excluding hydrogens is 266 g/mol. The molecule has 5 heteroatoms. The number of nitrogens with one attached hydrogen (secondary N) is 1. The molecule has 0 amide bonds. The number of aromatic amines is 1. The van der Waals surface area contributed by atoms with E-state index in [9.17, 15) is 9.90 Å². The second-order valence-electron chi connectivity index (χ2n) is 5.34. The largest absolute Gasteiger partial charge is 0.478 e. The first-order valence-corrected chi connectivity index (χ1v) is 6.87. The van der Waals surface area contributed by atoms with Crippen LogP contribution in [0.1, 0.15) is 40.0 Å². The van der Waals surface area contributed by atoms with Crippen LogP contribution in [0.2, 0.25) is 0 Å². The highest BCUT2D eigenvalue weighted by Crippen LogP contribution is 2.53. The van der Waals surface area contributed by atoms with Crippen molar-refractivity contribution in [2.75, 3.05) is 0 Å². The maximum atomic E-state index is 11.2. The van der Waals surface area contributed by atoms with Crippen molar-refractivity contribution in [2.45, 2.75) is 18.3 Å². The first-order valence-electron chi connectivity index (χ1n) is 6.87. The van der Waals surface area contributed by atoms with E-state index in [1.165, 1.54) is 17.8 Å². The van der Waals surface area contributed by atoms with Gasteiger partial charge in [-0.15, -0.1) is 0 Å². The molecule has 0 bridgehead atoms. The summed E-state index contributed by atoms with van der Waals surface area (Å²) in [7, 11) is 0. The second-order valence-corrected chi connectivity index (χ2v) is 5.34. The average molecular weight is 279 g/mol. The van der Waals surface area contributed by atoms with Gasteiger partial charge >= 0.3 is 5.97 Å². The number of benzene rings is 1. The van der Waals surface area contributed by atoms with Crippen LogP contribution in [0.3, 0.4) is 0 Å². The number of carboxylic acids is 1. The van der Waals surface area contributed by atoms with Crippen LogP contribution in [0.15, 0.2) is 42.6 Å². The first-order chi connectivity index (χ1) is 10.2. The number of aromatic carboxylic acids is 1. The van der Waals surface area contributed by atoms with Crippen molar-refractivity contribution in [3.8, 4) is 0 Å². The molecule has 2 N–H and O–H groups in total. The minimum Gasteiger partial charge on any atom is -0.478 e. The number of aromatic nitrogens is 3.